The van der Waals surface area contributed by atoms with Gasteiger partial charge in [0.15, 0.2) is 0 Å². The van der Waals surface area contributed by atoms with Gasteiger partial charge in [-0.3, -0.25) is 4.79 Å². The molecule has 0 atom stereocenters. The topological polar surface area (TPSA) is 17.1 Å². The summed E-state index contributed by atoms with van der Waals surface area (Å²) >= 11 is 1.50. The van der Waals surface area contributed by atoms with Crippen LogP contribution in [0.5, 0.6) is 0 Å². The van der Waals surface area contributed by atoms with Crippen molar-refractivity contribution in [2.45, 2.75) is 32.9 Å². The number of hydrogen-bond acceptors (Lipinski definition) is 2. The molecule has 0 radical (unpaired) electrons. The van der Waals surface area contributed by atoms with Gasteiger partial charge in [0.05, 0.1) is 5.75 Å². The summed E-state index contributed by atoms with van der Waals surface area (Å²) in [6, 6.07) is 0. The molecule has 0 aliphatic heterocycles. The molecular formula is C8H15FOS. The quantitative estimate of drug-likeness (QED) is 0.601. The molecule has 0 saturated carbocycles. The third-order valence-electron chi connectivity index (χ3n) is 1.15. The standard InChI is InChI=1S/C8H15FOS/c1-7(10)6-11-5-4-8(2,3)9/h4-6H2,1-3H3. The van der Waals surface area contributed by atoms with Crippen molar-refractivity contribution in [1.82, 2.24) is 0 Å². The Morgan fingerprint density at radius 1 is 1.55 bits per heavy atom. The van der Waals surface area contributed by atoms with Crippen LogP contribution in [0.3, 0.4) is 0 Å². The predicted molar refractivity (Wildman–Crippen MR) is 47.8 cm³/mol. The third kappa shape index (κ3) is 9.95. The molecule has 0 saturated heterocycles. The number of carbonyl (C=O) groups excluding carboxylic acids is 1. The number of halogens is 1. The van der Waals surface area contributed by atoms with E-state index in [1.807, 2.05) is 0 Å². The summed E-state index contributed by atoms with van der Waals surface area (Å²) in [7, 11) is 0. The molecule has 1 nitrogen and oxygen atoms in total. The van der Waals surface area contributed by atoms with Crippen molar-refractivity contribution in [1.29, 1.82) is 0 Å². The number of carbonyl (C=O) groups is 1. The van der Waals surface area contributed by atoms with Crippen molar-refractivity contribution in [2.24, 2.45) is 0 Å². The second-order valence-electron chi connectivity index (χ2n) is 3.22. The highest BCUT2D eigenvalue weighted by Gasteiger charge is 2.14. The number of rotatable bonds is 5. The van der Waals surface area contributed by atoms with Gasteiger partial charge in [-0.05, 0) is 32.9 Å². The van der Waals surface area contributed by atoms with Gasteiger partial charge in [-0.25, -0.2) is 4.39 Å². The Labute approximate surface area is 71.7 Å². The van der Waals surface area contributed by atoms with Gasteiger partial charge in [-0.15, -0.1) is 0 Å². The van der Waals surface area contributed by atoms with Crippen molar-refractivity contribution in [3.05, 3.63) is 0 Å². The predicted octanol–water partition coefficient (Wildman–Crippen LogP) is 2.45. The SMILES string of the molecule is CC(=O)CSCCC(C)(C)F. The highest BCUT2D eigenvalue weighted by molar-refractivity contribution is 7.99. The molecule has 0 N–H and O–H groups in total. The van der Waals surface area contributed by atoms with Gasteiger partial charge in [-0.2, -0.15) is 11.8 Å². The van der Waals surface area contributed by atoms with Crippen molar-refractivity contribution in [3.63, 3.8) is 0 Å². The van der Waals surface area contributed by atoms with E-state index in [0.717, 1.165) is 5.75 Å². The van der Waals surface area contributed by atoms with Gasteiger partial charge in [0.1, 0.15) is 11.5 Å². The molecular weight excluding hydrogens is 163 g/mol. The second kappa shape index (κ2) is 4.75. The highest BCUT2D eigenvalue weighted by Crippen LogP contribution is 2.17. The van der Waals surface area contributed by atoms with Crippen molar-refractivity contribution in [3.8, 4) is 0 Å². The van der Waals surface area contributed by atoms with Crippen LogP contribution in [0.1, 0.15) is 27.2 Å². The molecule has 0 aliphatic carbocycles. The Morgan fingerprint density at radius 3 is 2.45 bits per heavy atom. The van der Waals surface area contributed by atoms with Gasteiger partial charge >= 0.3 is 0 Å². The smallest absolute Gasteiger partial charge is 0.139 e. The lowest BCUT2D eigenvalue weighted by Crippen LogP contribution is -2.13. The fourth-order valence-corrected chi connectivity index (χ4v) is 1.59. The first-order chi connectivity index (χ1) is 4.92. The van der Waals surface area contributed by atoms with Gasteiger partial charge in [-0.1, -0.05) is 0 Å². The molecule has 0 bridgehead atoms. The van der Waals surface area contributed by atoms with Gasteiger partial charge in [0.2, 0.25) is 0 Å². The molecule has 0 rings (SSSR count). The summed E-state index contributed by atoms with van der Waals surface area (Å²) in [6.45, 7) is 4.66. The van der Waals surface area contributed by atoms with E-state index >= 15 is 0 Å². The number of thioether (sulfide) groups is 1. The normalized spacial score (nSPS) is 11.6. The number of hydrogen-bond donors (Lipinski definition) is 0. The van der Waals surface area contributed by atoms with Crippen LogP contribution < -0.4 is 0 Å². The molecule has 0 fully saturated rings. The summed E-state index contributed by atoms with van der Waals surface area (Å²) in [5.74, 6) is 1.39. The minimum absolute atomic E-state index is 0.159. The lowest BCUT2D eigenvalue weighted by Gasteiger charge is -2.12. The first kappa shape index (κ1) is 11.0. The van der Waals surface area contributed by atoms with Crippen molar-refractivity contribution < 1.29 is 9.18 Å². The number of Topliss-reactive ketones (excluding diaryl/α,β-unsaturated/α-hetero) is 1. The van der Waals surface area contributed by atoms with Crippen LogP contribution in [-0.2, 0) is 4.79 Å². The third-order valence-corrected chi connectivity index (χ3v) is 2.25. The van der Waals surface area contributed by atoms with Gasteiger partial charge < -0.3 is 0 Å². The monoisotopic (exact) mass is 178 g/mol. The van der Waals surface area contributed by atoms with Crippen LogP contribution in [0.2, 0.25) is 0 Å². The fraction of sp³-hybridized carbons (Fsp3) is 0.875. The van der Waals surface area contributed by atoms with Crippen molar-refractivity contribution in [2.75, 3.05) is 11.5 Å². The fourth-order valence-electron chi connectivity index (χ4n) is 0.531. The molecule has 0 unspecified atom stereocenters. The average Bonchev–Trinajstić information content (AvgIpc) is 1.78. The van der Waals surface area contributed by atoms with Crippen LogP contribution >= 0.6 is 11.8 Å². The van der Waals surface area contributed by atoms with E-state index < -0.39 is 5.67 Å². The zero-order valence-electron chi connectivity index (χ0n) is 7.32. The summed E-state index contributed by atoms with van der Waals surface area (Å²) in [4.78, 5) is 10.5. The molecule has 0 aromatic rings. The van der Waals surface area contributed by atoms with Crippen LogP contribution in [0, 0.1) is 0 Å². The Balaban J connectivity index is 3.22. The first-order valence-electron chi connectivity index (χ1n) is 3.68. The Morgan fingerprint density at radius 2 is 2.09 bits per heavy atom. The van der Waals surface area contributed by atoms with Gasteiger partial charge in [0.25, 0.3) is 0 Å². The van der Waals surface area contributed by atoms with E-state index in [1.165, 1.54) is 11.8 Å². The summed E-state index contributed by atoms with van der Waals surface area (Å²) in [5.41, 5.74) is -1.09. The molecule has 11 heavy (non-hydrogen) atoms. The zero-order valence-corrected chi connectivity index (χ0v) is 8.13. The Bertz CT molecular complexity index is 129. The van der Waals surface area contributed by atoms with E-state index in [9.17, 15) is 9.18 Å². The van der Waals surface area contributed by atoms with Crippen LogP contribution in [0.15, 0.2) is 0 Å². The molecule has 0 amide bonds. The Hall–Kier alpha value is -0.0500. The Kier molecular flexibility index (Phi) is 4.73. The van der Waals surface area contributed by atoms with Crippen LogP contribution in [0.4, 0.5) is 4.39 Å². The van der Waals surface area contributed by atoms with Crippen LogP contribution in [-0.4, -0.2) is 23.0 Å². The first-order valence-corrected chi connectivity index (χ1v) is 4.83. The molecule has 0 spiro atoms. The summed E-state index contributed by atoms with van der Waals surface area (Å²) < 4.78 is 12.8. The molecule has 66 valence electrons. The van der Waals surface area contributed by atoms with E-state index in [4.69, 9.17) is 0 Å². The lowest BCUT2D eigenvalue weighted by molar-refractivity contribution is -0.114. The summed E-state index contributed by atoms with van der Waals surface area (Å²) in [6.07, 6.45) is 0.519. The maximum Gasteiger partial charge on any atom is 0.139 e. The van der Waals surface area contributed by atoms with E-state index in [0.29, 0.717) is 12.2 Å². The molecule has 0 aliphatic rings. The maximum absolute atomic E-state index is 12.8. The molecule has 0 heterocycles. The van der Waals surface area contributed by atoms with E-state index in [1.54, 1.807) is 20.8 Å². The molecule has 3 heteroatoms. The van der Waals surface area contributed by atoms with Crippen molar-refractivity contribution >= 4 is 17.5 Å². The number of ketones is 1. The maximum atomic E-state index is 12.8. The average molecular weight is 178 g/mol. The van der Waals surface area contributed by atoms with E-state index in [-0.39, 0.29) is 5.78 Å². The van der Waals surface area contributed by atoms with Crippen LogP contribution in [0.25, 0.3) is 0 Å². The molecule has 0 aromatic heterocycles. The highest BCUT2D eigenvalue weighted by atomic mass is 32.2. The minimum Gasteiger partial charge on any atom is -0.299 e. The van der Waals surface area contributed by atoms with Gasteiger partial charge in [0, 0.05) is 0 Å². The largest absolute Gasteiger partial charge is 0.299 e. The number of alkyl halides is 1. The minimum atomic E-state index is -1.09. The lowest BCUT2D eigenvalue weighted by atomic mass is 10.1. The van der Waals surface area contributed by atoms with E-state index in [2.05, 4.69) is 0 Å². The second-order valence-corrected chi connectivity index (χ2v) is 4.33. The summed E-state index contributed by atoms with van der Waals surface area (Å²) in [5, 5.41) is 0. The molecule has 0 aromatic carbocycles. The zero-order chi connectivity index (χ0) is 8.91.